The van der Waals surface area contributed by atoms with Gasteiger partial charge in [0.25, 0.3) is 0 Å². The fourth-order valence-electron chi connectivity index (χ4n) is 2.82. The van der Waals surface area contributed by atoms with Gasteiger partial charge < -0.3 is 14.8 Å². The van der Waals surface area contributed by atoms with E-state index < -0.39 is 0 Å². The minimum Gasteiger partial charge on any atom is -0.490 e. The lowest BCUT2D eigenvalue weighted by atomic mass is 10.1. The van der Waals surface area contributed by atoms with Crippen molar-refractivity contribution in [2.24, 2.45) is 0 Å². The van der Waals surface area contributed by atoms with Crippen molar-refractivity contribution in [1.29, 1.82) is 0 Å². The van der Waals surface area contributed by atoms with Crippen LogP contribution in [0.5, 0.6) is 11.5 Å². The van der Waals surface area contributed by atoms with Crippen molar-refractivity contribution >= 4 is 21.6 Å². The number of anilines is 1. The van der Waals surface area contributed by atoms with Crippen LogP contribution in [0, 0.1) is 12.7 Å². The van der Waals surface area contributed by atoms with Gasteiger partial charge in [-0.2, -0.15) is 0 Å². The Morgan fingerprint density at radius 2 is 1.71 bits per heavy atom. The van der Waals surface area contributed by atoms with Crippen molar-refractivity contribution in [3.63, 3.8) is 0 Å². The van der Waals surface area contributed by atoms with Gasteiger partial charge in [0, 0.05) is 16.7 Å². The molecule has 0 fully saturated rings. The number of hydrogen-bond acceptors (Lipinski definition) is 3. The molecular weight excluding hydrogens is 421 g/mol. The molecule has 1 N–H and O–H groups in total. The molecule has 0 bridgehead atoms. The van der Waals surface area contributed by atoms with Crippen molar-refractivity contribution in [3.05, 3.63) is 87.6 Å². The number of ether oxygens (including phenoxy) is 2. The molecule has 0 heterocycles. The average Bonchev–Trinajstić information content (AvgIpc) is 2.68. The highest BCUT2D eigenvalue weighted by Crippen LogP contribution is 2.35. The van der Waals surface area contributed by atoms with Crippen LogP contribution in [0.25, 0.3) is 0 Å². The largest absolute Gasteiger partial charge is 0.490 e. The Labute approximate surface area is 173 Å². The molecule has 3 aromatic carbocycles. The Bertz CT molecular complexity index is 928. The van der Waals surface area contributed by atoms with Gasteiger partial charge in [-0.1, -0.05) is 45.8 Å². The van der Waals surface area contributed by atoms with Gasteiger partial charge in [0.15, 0.2) is 11.5 Å². The molecule has 28 heavy (non-hydrogen) atoms. The Hall–Kier alpha value is -2.53. The van der Waals surface area contributed by atoms with E-state index in [1.807, 2.05) is 31.2 Å². The van der Waals surface area contributed by atoms with E-state index in [2.05, 4.69) is 40.3 Å². The van der Waals surface area contributed by atoms with Crippen LogP contribution < -0.4 is 14.8 Å². The second-order valence-electron chi connectivity index (χ2n) is 6.46. The standard InChI is InChI=1S/C23H23BrFNO2/c1-3-27-22-12-18(14-26-20-9-7-19(25)8-10-20)21(24)13-23(22)28-15-17-6-4-5-16(2)11-17/h4-13,26H,3,14-15H2,1-2H3. The highest BCUT2D eigenvalue weighted by Gasteiger charge is 2.11. The molecule has 0 aliphatic heterocycles. The molecule has 0 saturated carbocycles. The second-order valence-corrected chi connectivity index (χ2v) is 7.32. The zero-order chi connectivity index (χ0) is 19.9. The summed E-state index contributed by atoms with van der Waals surface area (Å²) in [7, 11) is 0. The quantitative estimate of drug-likeness (QED) is 0.431. The number of hydrogen-bond donors (Lipinski definition) is 1. The predicted molar refractivity (Wildman–Crippen MR) is 115 cm³/mol. The summed E-state index contributed by atoms with van der Waals surface area (Å²) in [4.78, 5) is 0. The molecular formula is C23H23BrFNO2. The summed E-state index contributed by atoms with van der Waals surface area (Å²) in [6.07, 6.45) is 0. The molecule has 3 nitrogen and oxygen atoms in total. The van der Waals surface area contributed by atoms with Crippen molar-refractivity contribution in [2.45, 2.75) is 27.0 Å². The summed E-state index contributed by atoms with van der Waals surface area (Å²) < 4.78 is 25.8. The van der Waals surface area contributed by atoms with Crippen LogP contribution in [-0.4, -0.2) is 6.61 Å². The summed E-state index contributed by atoms with van der Waals surface area (Å²) in [5, 5.41) is 3.29. The van der Waals surface area contributed by atoms with Crippen molar-refractivity contribution in [1.82, 2.24) is 0 Å². The summed E-state index contributed by atoms with van der Waals surface area (Å²) >= 11 is 3.62. The zero-order valence-electron chi connectivity index (χ0n) is 16.0. The van der Waals surface area contributed by atoms with Crippen LogP contribution in [0.3, 0.4) is 0 Å². The fraction of sp³-hybridized carbons (Fsp3) is 0.217. The number of aryl methyl sites for hydroxylation is 1. The van der Waals surface area contributed by atoms with Gasteiger partial charge in [0.1, 0.15) is 12.4 Å². The van der Waals surface area contributed by atoms with E-state index in [9.17, 15) is 4.39 Å². The Balaban J connectivity index is 1.74. The fourth-order valence-corrected chi connectivity index (χ4v) is 3.28. The minimum absolute atomic E-state index is 0.250. The Kier molecular flexibility index (Phi) is 6.93. The van der Waals surface area contributed by atoms with Gasteiger partial charge in [-0.15, -0.1) is 0 Å². The number of rotatable bonds is 8. The van der Waals surface area contributed by atoms with Crippen LogP contribution in [0.15, 0.2) is 65.1 Å². The lowest BCUT2D eigenvalue weighted by molar-refractivity contribution is 0.269. The number of benzene rings is 3. The van der Waals surface area contributed by atoms with E-state index >= 15 is 0 Å². The highest BCUT2D eigenvalue weighted by atomic mass is 79.9. The third-order valence-corrected chi connectivity index (χ3v) is 4.95. The van der Waals surface area contributed by atoms with Crippen LogP contribution in [0.4, 0.5) is 10.1 Å². The molecule has 3 rings (SSSR count). The molecule has 0 spiro atoms. The third-order valence-electron chi connectivity index (χ3n) is 4.22. The van der Waals surface area contributed by atoms with Gasteiger partial charge >= 0.3 is 0 Å². The van der Waals surface area contributed by atoms with Crippen molar-refractivity contribution in [2.75, 3.05) is 11.9 Å². The second kappa shape index (κ2) is 9.60. The molecule has 0 aromatic heterocycles. The smallest absolute Gasteiger partial charge is 0.162 e. The van der Waals surface area contributed by atoms with Crippen LogP contribution in [0.1, 0.15) is 23.6 Å². The number of nitrogens with one attached hydrogen (secondary N) is 1. The minimum atomic E-state index is -0.250. The maximum absolute atomic E-state index is 13.0. The Morgan fingerprint density at radius 3 is 2.43 bits per heavy atom. The van der Waals surface area contributed by atoms with Gasteiger partial charge in [-0.05, 0) is 61.4 Å². The van der Waals surface area contributed by atoms with E-state index in [-0.39, 0.29) is 5.82 Å². The monoisotopic (exact) mass is 443 g/mol. The maximum atomic E-state index is 13.0. The highest BCUT2D eigenvalue weighted by molar-refractivity contribution is 9.10. The van der Waals surface area contributed by atoms with Gasteiger partial charge in [0.05, 0.1) is 6.61 Å². The lowest BCUT2D eigenvalue weighted by Gasteiger charge is -2.16. The average molecular weight is 444 g/mol. The predicted octanol–water partition coefficient (Wildman–Crippen LogP) is 6.49. The molecule has 0 unspecified atom stereocenters. The van der Waals surface area contributed by atoms with Gasteiger partial charge in [-0.25, -0.2) is 4.39 Å². The molecule has 0 aliphatic carbocycles. The first-order chi connectivity index (χ1) is 13.5. The third kappa shape index (κ3) is 5.49. The normalized spacial score (nSPS) is 10.6. The first-order valence-electron chi connectivity index (χ1n) is 9.18. The molecule has 0 radical (unpaired) electrons. The molecule has 146 valence electrons. The van der Waals surface area contributed by atoms with Crippen molar-refractivity contribution in [3.8, 4) is 11.5 Å². The molecule has 0 atom stereocenters. The molecule has 3 aromatic rings. The topological polar surface area (TPSA) is 30.5 Å². The van der Waals surface area contributed by atoms with E-state index in [1.165, 1.54) is 17.7 Å². The summed E-state index contributed by atoms with van der Waals surface area (Å²) in [5.41, 5.74) is 4.19. The summed E-state index contributed by atoms with van der Waals surface area (Å²) in [6.45, 7) is 5.61. The number of halogens is 2. The molecule has 0 saturated heterocycles. The molecule has 0 amide bonds. The van der Waals surface area contributed by atoms with Gasteiger partial charge in [-0.3, -0.25) is 0 Å². The maximum Gasteiger partial charge on any atom is 0.162 e. The zero-order valence-corrected chi connectivity index (χ0v) is 17.6. The van der Waals surface area contributed by atoms with E-state index in [0.717, 1.165) is 21.3 Å². The molecule has 5 heteroatoms. The van der Waals surface area contributed by atoms with Crippen LogP contribution >= 0.6 is 15.9 Å². The Morgan fingerprint density at radius 1 is 0.964 bits per heavy atom. The van der Waals surface area contributed by atoms with E-state index in [0.29, 0.717) is 31.3 Å². The van der Waals surface area contributed by atoms with Crippen LogP contribution in [0.2, 0.25) is 0 Å². The van der Waals surface area contributed by atoms with Crippen LogP contribution in [-0.2, 0) is 13.2 Å². The SMILES string of the molecule is CCOc1cc(CNc2ccc(F)cc2)c(Br)cc1OCc1cccc(C)c1. The summed E-state index contributed by atoms with van der Waals surface area (Å²) in [5.74, 6) is 1.15. The molecule has 0 aliphatic rings. The van der Waals surface area contributed by atoms with Gasteiger partial charge in [0.2, 0.25) is 0 Å². The lowest BCUT2D eigenvalue weighted by Crippen LogP contribution is -2.04. The summed E-state index contributed by atoms with van der Waals surface area (Å²) in [6, 6.07) is 18.4. The first kappa shape index (κ1) is 20.2. The van der Waals surface area contributed by atoms with Crippen molar-refractivity contribution < 1.29 is 13.9 Å². The first-order valence-corrected chi connectivity index (χ1v) is 9.97. The van der Waals surface area contributed by atoms with E-state index in [4.69, 9.17) is 9.47 Å². The van der Waals surface area contributed by atoms with E-state index in [1.54, 1.807) is 12.1 Å².